The van der Waals surface area contributed by atoms with Crippen molar-refractivity contribution in [2.45, 2.75) is 27.2 Å². The molecule has 20 heavy (non-hydrogen) atoms. The average Bonchev–Trinajstić information content (AvgIpc) is 2.33. The Bertz CT molecular complexity index is 584. The molecule has 0 saturated carbocycles. The number of carbonyl (C=O) groups excluding carboxylic acids is 1. The number of benzene rings is 1. The lowest BCUT2D eigenvalue weighted by atomic mass is 10.2. The molecular formula is C14H20ClNO3S. The lowest BCUT2D eigenvalue weighted by Gasteiger charge is -2.11. The molecule has 1 aromatic rings. The molecule has 0 radical (unpaired) electrons. The van der Waals surface area contributed by atoms with E-state index >= 15 is 0 Å². The molecule has 0 aliphatic heterocycles. The maximum absolute atomic E-state index is 11.9. The molecule has 1 N–H and O–H groups in total. The van der Waals surface area contributed by atoms with E-state index in [4.69, 9.17) is 11.6 Å². The number of amides is 1. The van der Waals surface area contributed by atoms with Gasteiger partial charge in [0.05, 0.1) is 5.75 Å². The van der Waals surface area contributed by atoms with E-state index in [1.54, 1.807) is 25.1 Å². The summed E-state index contributed by atoms with van der Waals surface area (Å²) in [5.74, 6) is -0.936. The van der Waals surface area contributed by atoms with E-state index in [1.165, 1.54) is 0 Å². The summed E-state index contributed by atoms with van der Waals surface area (Å²) < 4.78 is 23.7. The van der Waals surface area contributed by atoms with Gasteiger partial charge in [0, 0.05) is 10.7 Å². The van der Waals surface area contributed by atoms with E-state index in [0.717, 1.165) is 12.0 Å². The van der Waals surface area contributed by atoms with E-state index < -0.39 is 21.5 Å². The second-order valence-electron chi connectivity index (χ2n) is 5.03. The van der Waals surface area contributed by atoms with Crippen LogP contribution >= 0.6 is 11.6 Å². The molecular weight excluding hydrogens is 298 g/mol. The number of nitrogens with one attached hydrogen (secondary N) is 1. The minimum absolute atomic E-state index is 0.0332. The van der Waals surface area contributed by atoms with Crippen LogP contribution < -0.4 is 5.32 Å². The summed E-state index contributed by atoms with van der Waals surface area (Å²) >= 11 is 5.95. The third kappa shape index (κ3) is 5.13. The standard InChI is InChI=1S/C14H20ClNO3S/c1-4-10(2)8-20(18,19)9-14(17)16-13-7-5-6-12(15)11(13)3/h5-7,10H,4,8-9H2,1-3H3,(H,16,17)/t10-/m1/s1. The largest absolute Gasteiger partial charge is 0.325 e. The Kier molecular flexibility index (Phi) is 6.02. The molecule has 1 aromatic carbocycles. The van der Waals surface area contributed by atoms with Crippen LogP contribution in [-0.2, 0) is 14.6 Å². The van der Waals surface area contributed by atoms with E-state index in [0.29, 0.717) is 10.7 Å². The molecule has 6 heteroatoms. The Morgan fingerprint density at radius 2 is 2.05 bits per heavy atom. The second kappa shape index (κ2) is 7.09. The van der Waals surface area contributed by atoms with Gasteiger partial charge in [0.15, 0.2) is 9.84 Å². The minimum atomic E-state index is -3.38. The van der Waals surface area contributed by atoms with Crippen molar-refractivity contribution < 1.29 is 13.2 Å². The lowest BCUT2D eigenvalue weighted by Crippen LogP contribution is -2.27. The van der Waals surface area contributed by atoms with E-state index in [1.807, 2.05) is 13.8 Å². The SMILES string of the molecule is CC[C@@H](C)CS(=O)(=O)CC(=O)Nc1cccc(Cl)c1C. The van der Waals surface area contributed by atoms with Crippen LogP contribution in [0.25, 0.3) is 0 Å². The van der Waals surface area contributed by atoms with Gasteiger partial charge in [-0.1, -0.05) is 37.9 Å². The van der Waals surface area contributed by atoms with Crippen LogP contribution in [0.1, 0.15) is 25.8 Å². The fraction of sp³-hybridized carbons (Fsp3) is 0.500. The highest BCUT2D eigenvalue weighted by Gasteiger charge is 2.19. The Balaban J connectivity index is 2.71. The van der Waals surface area contributed by atoms with Gasteiger partial charge in [0.1, 0.15) is 5.75 Å². The predicted molar refractivity (Wildman–Crippen MR) is 82.9 cm³/mol. The summed E-state index contributed by atoms with van der Waals surface area (Å²) in [5.41, 5.74) is 1.27. The second-order valence-corrected chi connectivity index (χ2v) is 7.54. The molecule has 0 aromatic heterocycles. The average molecular weight is 318 g/mol. The first-order valence-corrected chi connectivity index (χ1v) is 8.70. The van der Waals surface area contributed by atoms with Crippen LogP contribution in [0.15, 0.2) is 18.2 Å². The molecule has 0 saturated heterocycles. The first-order chi connectivity index (χ1) is 9.25. The molecule has 1 rings (SSSR count). The normalized spacial score (nSPS) is 13.0. The van der Waals surface area contributed by atoms with Gasteiger partial charge < -0.3 is 5.32 Å². The third-order valence-corrected chi connectivity index (χ3v) is 5.32. The molecule has 4 nitrogen and oxygen atoms in total. The first-order valence-electron chi connectivity index (χ1n) is 6.50. The summed E-state index contributed by atoms with van der Waals surface area (Å²) in [6, 6.07) is 5.12. The van der Waals surface area contributed by atoms with Crippen LogP contribution in [-0.4, -0.2) is 25.8 Å². The molecule has 0 spiro atoms. The predicted octanol–water partition coefficient (Wildman–Crippen LogP) is 3.05. The van der Waals surface area contributed by atoms with Crippen LogP contribution in [0.2, 0.25) is 5.02 Å². The Morgan fingerprint density at radius 1 is 1.40 bits per heavy atom. The van der Waals surface area contributed by atoms with Gasteiger partial charge in [-0.15, -0.1) is 0 Å². The summed E-state index contributed by atoms with van der Waals surface area (Å²) in [7, 11) is -3.38. The van der Waals surface area contributed by atoms with Gasteiger partial charge in [0.25, 0.3) is 0 Å². The van der Waals surface area contributed by atoms with Crippen molar-refractivity contribution in [3.63, 3.8) is 0 Å². The molecule has 112 valence electrons. The van der Waals surface area contributed by atoms with Crippen molar-refractivity contribution in [2.24, 2.45) is 5.92 Å². The zero-order chi connectivity index (χ0) is 15.3. The fourth-order valence-electron chi connectivity index (χ4n) is 1.74. The molecule has 0 aliphatic rings. The van der Waals surface area contributed by atoms with Gasteiger partial charge in [-0.2, -0.15) is 0 Å². The van der Waals surface area contributed by atoms with E-state index in [9.17, 15) is 13.2 Å². The zero-order valence-electron chi connectivity index (χ0n) is 11.9. The lowest BCUT2D eigenvalue weighted by molar-refractivity contribution is -0.113. The number of halogens is 1. The first kappa shape index (κ1) is 17.0. The van der Waals surface area contributed by atoms with Crippen molar-refractivity contribution in [3.05, 3.63) is 28.8 Å². The number of anilines is 1. The van der Waals surface area contributed by atoms with Crippen LogP contribution in [0.3, 0.4) is 0 Å². The van der Waals surface area contributed by atoms with Gasteiger partial charge in [-0.25, -0.2) is 8.42 Å². The molecule has 0 unspecified atom stereocenters. The zero-order valence-corrected chi connectivity index (χ0v) is 13.5. The molecule has 0 heterocycles. The van der Waals surface area contributed by atoms with E-state index in [2.05, 4.69) is 5.32 Å². The highest BCUT2D eigenvalue weighted by molar-refractivity contribution is 7.92. The van der Waals surface area contributed by atoms with Crippen molar-refractivity contribution in [1.29, 1.82) is 0 Å². The van der Waals surface area contributed by atoms with Gasteiger partial charge in [-0.05, 0) is 30.5 Å². The highest BCUT2D eigenvalue weighted by Crippen LogP contribution is 2.22. The maximum Gasteiger partial charge on any atom is 0.239 e. The third-order valence-electron chi connectivity index (χ3n) is 3.13. The number of sulfone groups is 1. The molecule has 0 bridgehead atoms. The minimum Gasteiger partial charge on any atom is -0.325 e. The number of hydrogen-bond acceptors (Lipinski definition) is 3. The Morgan fingerprint density at radius 3 is 2.65 bits per heavy atom. The van der Waals surface area contributed by atoms with Gasteiger partial charge >= 0.3 is 0 Å². The molecule has 1 atom stereocenters. The van der Waals surface area contributed by atoms with Crippen molar-refractivity contribution in [1.82, 2.24) is 0 Å². The molecule has 0 fully saturated rings. The van der Waals surface area contributed by atoms with Crippen LogP contribution in [0.4, 0.5) is 5.69 Å². The summed E-state index contributed by atoms with van der Waals surface area (Å²) in [6.45, 7) is 5.55. The maximum atomic E-state index is 11.9. The highest BCUT2D eigenvalue weighted by atomic mass is 35.5. The Labute approximate surface area is 125 Å². The van der Waals surface area contributed by atoms with Gasteiger partial charge in [0.2, 0.25) is 5.91 Å². The number of rotatable bonds is 6. The number of hydrogen-bond donors (Lipinski definition) is 1. The van der Waals surface area contributed by atoms with Crippen molar-refractivity contribution in [3.8, 4) is 0 Å². The van der Waals surface area contributed by atoms with Crippen LogP contribution in [0, 0.1) is 12.8 Å². The monoisotopic (exact) mass is 317 g/mol. The summed E-state index contributed by atoms with van der Waals surface area (Å²) in [5, 5.41) is 3.13. The smallest absolute Gasteiger partial charge is 0.239 e. The number of carbonyl (C=O) groups is 1. The van der Waals surface area contributed by atoms with Crippen molar-refractivity contribution in [2.75, 3.05) is 16.8 Å². The Hall–Kier alpha value is -1.07. The summed E-state index contributed by atoms with van der Waals surface area (Å²) in [6.07, 6.45) is 0.772. The summed E-state index contributed by atoms with van der Waals surface area (Å²) in [4.78, 5) is 11.8. The van der Waals surface area contributed by atoms with Crippen LogP contribution in [0.5, 0.6) is 0 Å². The molecule has 1 amide bonds. The van der Waals surface area contributed by atoms with Crippen molar-refractivity contribution >= 4 is 33.0 Å². The van der Waals surface area contributed by atoms with Gasteiger partial charge in [-0.3, -0.25) is 4.79 Å². The molecule has 0 aliphatic carbocycles. The quantitative estimate of drug-likeness (QED) is 0.877. The topological polar surface area (TPSA) is 63.2 Å². The fourth-order valence-corrected chi connectivity index (χ4v) is 3.61. The van der Waals surface area contributed by atoms with E-state index in [-0.39, 0.29) is 11.7 Å².